The lowest BCUT2D eigenvalue weighted by molar-refractivity contribution is 0.0862. The molecule has 4 aliphatic rings. The molecule has 0 heterocycles. The Hall–Kier alpha value is -1.16. The number of aliphatic hydroxyl groups is 3. The molecule has 4 fully saturated rings. The molecule has 4 rings (SSSR count). The minimum Gasteiger partial charge on any atom is -0.393 e. The topological polar surface area (TPSA) is 60.7 Å². The van der Waals surface area contributed by atoms with E-state index in [0.29, 0.717) is 41.9 Å². The molecule has 0 aliphatic heterocycles. The molecule has 0 aromatic heterocycles. The Kier molecular flexibility index (Phi) is 6.44. The third-order valence-electron chi connectivity index (χ3n) is 8.65. The quantitative estimate of drug-likeness (QED) is 0.551. The highest BCUT2D eigenvalue weighted by atomic mass is 16.3. The van der Waals surface area contributed by atoms with Gasteiger partial charge in [0.05, 0.1) is 18.3 Å². The molecule has 1 unspecified atom stereocenters. The van der Waals surface area contributed by atoms with E-state index in [1.165, 1.54) is 44.1 Å². The average Bonchev–Trinajstić information content (AvgIpc) is 3.49. The fraction of sp³-hybridized carbons (Fsp3) is 0.704. The van der Waals surface area contributed by atoms with Crippen LogP contribution in [0, 0.1) is 29.1 Å². The van der Waals surface area contributed by atoms with Crippen LogP contribution in [0.1, 0.15) is 71.6 Å². The van der Waals surface area contributed by atoms with Crippen molar-refractivity contribution in [1.82, 2.24) is 0 Å². The predicted octanol–water partition coefficient (Wildman–Crippen LogP) is 5.09. The molecule has 3 nitrogen and oxygen atoms in total. The van der Waals surface area contributed by atoms with E-state index in [-0.39, 0.29) is 6.10 Å². The standard InChI is InChI=1S/C27H40O3/c1-17(6-13-25(29)20-8-9-20)23-11-12-24-19(5-4-14-27(23,24)3)7-10-21-15-22(28)16-26(30)18(21)2/h6-7,10,13,17,20,22-26,28-30H,2,4-5,8-9,11-12,14-16H2,1,3H3/b13-6+,19-7+,21-10-/t17-,22+,23+,24+,25?,26-,27-/m0/s1. The lowest BCUT2D eigenvalue weighted by Gasteiger charge is -2.44. The van der Waals surface area contributed by atoms with E-state index in [2.05, 4.69) is 44.7 Å². The fourth-order valence-electron chi connectivity index (χ4n) is 6.63. The van der Waals surface area contributed by atoms with Crippen LogP contribution in [0.5, 0.6) is 0 Å². The van der Waals surface area contributed by atoms with Gasteiger partial charge in [-0.25, -0.2) is 0 Å². The molecule has 3 heteroatoms. The smallest absolute Gasteiger partial charge is 0.0811 e. The second-order valence-corrected chi connectivity index (χ2v) is 10.7. The molecule has 7 atom stereocenters. The van der Waals surface area contributed by atoms with Crippen molar-refractivity contribution in [1.29, 1.82) is 0 Å². The van der Waals surface area contributed by atoms with Crippen molar-refractivity contribution in [2.24, 2.45) is 29.1 Å². The van der Waals surface area contributed by atoms with Gasteiger partial charge in [0.25, 0.3) is 0 Å². The highest BCUT2D eigenvalue weighted by molar-refractivity contribution is 5.38. The Morgan fingerprint density at radius 2 is 1.87 bits per heavy atom. The van der Waals surface area contributed by atoms with Crippen molar-refractivity contribution in [3.05, 3.63) is 47.6 Å². The molecule has 0 saturated heterocycles. The maximum atomic E-state index is 10.2. The van der Waals surface area contributed by atoms with Crippen LogP contribution in [0.4, 0.5) is 0 Å². The zero-order valence-electron chi connectivity index (χ0n) is 18.8. The summed E-state index contributed by atoms with van der Waals surface area (Å²) >= 11 is 0. The fourth-order valence-corrected chi connectivity index (χ4v) is 6.63. The molecule has 0 amide bonds. The summed E-state index contributed by atoms with van der Waals surface area (Å²) in [5.74, 6) is 2.28. The van der Waals surface area contributed by atoms with Gasteiger partial charge in [-0.05, 0) is 91.6 Å². The summed E-state index contributed by atoms with van der Waals surface area (Å²) in [6.45, 7) is 8.88. The molecule has 0 radical (unpaired) electrons. The van der Waals surface area contributed by atoms with Crippen molar-refractivity contribution < 1.29 is 15.3 Å². The summed E-state index contributed by atoms with van der Waals surface area (Å²) in [5.41, 5.74) is 3.63. The first kappa shape index (κ1) is 22.0. The Bertz CT molecular complexity index is 743. The summed E-state index contributed by atoms with van der Waals surface area (Å²) < 4.78 is 0. The van der Waals surface area contributed by atoms with Crippen molar-refractivity contribution >= 4 is 0 Å². The molecule has 0 aromatic carbocycles. The Labute approximate surface area is 182 Å². The number of hydrogen-bond acceptors (Lipinski definition) is 3. The van der Waals surface area contributed by atoms with E-state index in [1.54, 1.807) is 0 Å². The minimum atomic E-state index is -0.621. The van der Waals surface area contributed by atoms with Crippen LogP contribution < -0.4 is 0 Å². The summed E-state index contributed by atoms with van der Waals surface area (Å²) in [5, 5.41) is 30.4. The van der Waals surface area contributed by atoms with Gasteiger partial charge >= 0.3 is 0 Å². The number of hydrogen-bond donors (Lipinski definition) is 3. The van der Waals surface area contributed by atoms with Gasteiger partial charge < -0.3 is 15.3 Å². The minimum absolute atomic E-state index is 0.250. The van der Waals surface area contributed by atoms with E-state index in [4.69, 9.17) is 0 Å². The second-order valence-electron chi connectivity index (χ2n) is 10.7. The van der Waals surface area contributed by atoms with Gasteiger partial charge in [0.2, 0.25) is 0 Å². The highest BCUT2D eigenvalue weighted by Gasteiger charge is 2.50. The SMILES string of the molecule is C=C1/C(=C\C=C2/CCC[C@]3(C)[C@@H]2CC[C@@H]3[C@@H](C)/C=C/C(O)C2CC2)C[C@@H](O)C[C@@H]1O. The van der Waals surface area contributed by atoms with E-state index < -0.39 is 12.2 Å². The highest BCUT2D eigenvalue weighted by Crippen LogP contribution is 2.59. The summed E-state index contributed by atoms with van der Waals surface area (Å²) in [7, 11) is 0. The molecule has 30 heavy (non-hydrogen) atoms. The normalized spacial score (nSPS) is 42.1. The summed E-state index contributed by atoms with van der Waals surface area (Å²) in [6, 6.07) is 0. The van der Waals surface area contributed by atoms with E-state index >= 15 is 0 Å². The van der Waals surface area contributed by atoms with Gasteiger partial charge in [-0.1, -0.05) is 50.3 Å². The van der Waals surface area contributed by atoms with Gasteiger partial charge in [-0.15, -0.1) is 0 Å². The maximum Gasteiger partial charge on any atom is 0.0811 e. The van der Waals surface area contributed by atoms with Crippen molar-refractivity contribution in [2.45, 2.75) is 89.9 Å². The first-order valence-electron chi connectivity index (χ1n) is 12.1. The first-order chi connectivity index (χ1) is 14.3. The predicted molar refractivity (Wildman–Crippen MR) is 122 cm³/mol. The Balaban J connectivity index is 1.48. The van der Waals surface area contributed by atoms with Gasteiger partial charge in [0.15, 0.2) is 0 Å². The van der Waals surface area contributed by atoms with Crippen LogP contribution in [-0.2, 0) is 0 Å². The van der Waals surface area contributed by atoms with Crippen LogP contribution in [0.25, 0.3) is 0 Å². The van der Waals surface area contributed by atoms with Gasteiger partial charge in [0, 0.05) is 6.42 Å². The number of aliphatic hydroxyl groups excluding tert-OH is 3. The molecule has 0 bridgehead atoms. The molecule has 4 aliphatic carbocycles. The molecule has 0 aromatic rings. The van der Waals surface area contributed by atoms with Gasteiger partial charge in [0.1, 0.15) is 0 Å². The van der Waals surface area contributed by atoms with Crippen LogP contribution in [0.3, 0.4) is 0 Å². The Morgan fingerprint density at radius 1 is 1.10 bits per heavy atom. The zero-order valence-corrected chi connectivity index (χ0v) is 18.8. The van der Waals surface area contributed by atoms with Gasteiger partial charge in [-0.3, -0.25) is 0 Å². The number of fused-ring (bicyclic) bond motifs is 1. The monoisotopic (exact) mass is 412 g/mol. The van der Waals surface area contributed by atoms with Crippen LogP contribution in [0.15, 0.2) is 47.6 Å². The summed E-state index contributed by atoms with van der Waals surface area (Å²) in [6.07, 6.45) is 16.9. The summed E-state index contributed by atoms with van der Waals surface area (Å²) in [4.78, 5) is 0. The van der Waals surface area contributed by atoms with E-state index in [0.717, 1.165) is 17.6 Å². The molecule has 166 valence electrons. The van der Waals surface area contributed by atoms with E-state index in [9.17, 15) is 15.3 Å². The number of rotatable bonds is 5. The molecule has 0 spiro atoms. The van der Waals surface area contributed by atoms with Crippen molar-refractivity contribution in [3.63, 3.8) is 0 Å². The average molecular weight is 413 g/mol. The molecule has 4 saturated carbocycles. The van der Waals surface area contributed by atoms with Gasteiger partial charge in [-0.2, -0.15) is 0 Å². The third-order valence-corrected chi connectivity index (χ3v) is 8.65. The lowest BCUT2D eigenvalue weighted by atomic mass is 9.61. The second kappa shape index (κ2) is 8.76. The van der Waals surface area contributed by atoms with Crippen LogP contribution >= 0.6 is 0 Å². The molecular weight excluding hydrogens is 372 g/mol. The lowest BCUT2D eigenvalue weighted by Crippen LogP contribution is -2.35. The molecule has 3 N–H and O–H groups in total. The third kappa shape index (κ3) is 4.40. The van der Waals surface area contributed by atoms with Crippen LogP contribution in [0.2, 0.25) is 0 Å². The zero-order chi connectivity index (χ0) is 21.5. The van der Waals surface area contributed by atoms with Crippen LogP contribution in [-0.4, -0.2) is 33.6 Å². The van der Waals surface area contributed by atoms with E-state index in [1.807, 2.05) is 0 Å². The first-order valence-corrected chi connectivity index (χ1v) is 12.1. The number of allylic oxidation sites excluding steroid dienone is 4. The largest absolute Gasteiger partial charge is 0.393 e. The maximum absolute atomic E-state index is 10.2. The van der Waals surface area contributed by atoms with Crippen molar-refractivity contribution in [3.8, 4) is 0 Å². The molecular formula is C27H40O3. The Morgan fingerprint density at radius 3 is 2.60 bits per heavy atom. The van der Waals surface area contributed by atoms with Crippen molar-refractivity contribution in [2.75, 3.05) is 0 Å².